The number of amides is 2. The number of aryl methyl sites for hydroxylation is 1. The van der Waals surface area contributed by atoms with Gasteiger partial charge in [0.05, 0.1) is 31.7 Å². The quantitative estimate of drug-likeness (QED) is 0.431. The third-order valence-corrected chi connectivity index (χ3v) is 7.68. The molecule has 0 bridgehead atoms. The van der Waals surface area contributed by atoms with E-state index in [1.807, 2.05) is 49.4 Å². The highest BCUT2D eigenvalue weighted by molar-refractivity contribution is 8.15. The first-order valence-corrected chi connectivity index (χ1v) is 13.2. The van der Waals surface area contributed by atoms with Gasteiger partial charge in [-0.25, -0.2) is 9.40 Å². The largest absolute Gasteiger partial charge is 0.497 e. The van der Waals surface area contributed by atoms with Gasteiger partial charge in [-0.15, -0.1) is 0 Å². The first-order chi connectivity index (χ1) is 18.9. The SMILES string of the molecule is COc1ccc(OC)c(C2=NN(C3=NC(=O)[C@H](CC(=O)Nc4ccccc4F)S3)[C@H](c3ccc(C)cc3)C2)c1. The Morgan fingerprint density at radius 3 is 2.59 bits per heavy atom. The molecule has 0 saturated carbocycles. The van der Waals surface area contributed by atoms with Crippen molar-refractivity contribution >= 4 is 40.1 Å². The number of hydrogen-bond donors (Lipinski definition) is 1. The lowest BCUT2D eigenvalue weighted by atomic mass is 9.97. The summed E-state index contributed by atoms with van der Waals surface area (Å²) in [6.45, 7) is 2.02. The summed E-state index contributed by atoms with van der Waals surface area (Å²) < 4.78 is 25.0. The molecule has 0 saturated heterocycles. The minimum atomic E-state index is -0.740. The van der Waals surface area contributed by atoms with Crippen molar-refractivity contribution in [1.29, 1.82) is 0 Å². The van der Waals surface area contributed by atoms with E-state index in [9.17, 15) is 14.0 Å². The molecule has 2 aliphatic rings. The molecule has 2 amide bonds. The Hall–Kier alpha value is -4.18. The lowest BCUT2D eigenvalue weighted by Gasteiger charge is -2.23. The number of benzene rings is 3. The zero-order valence-electron chi connectivity index (χ0n) is 21.7. The number of rotatable bonds is 7. The first kappa shape index (κ1) is 26.4. The number of ether oxygens (including phenoxy) is 2. The van der Waals surface area contributed by atoms with E-state index in [1.165, 1.54) is 30.0 Å². The van der Waals surface area contributed by atoms with Gasteiger partial charge in [0.25, 0.3) is 5.91 Å². The fourth-order valence-corrected chi connectivity index (χ4v) is 5.54. The molecular weight excluding hydrogens is 519 g/mol. The van der Waals surface area contributed by atoms with Crippen LogP contribution in [-0.4, -0.2) is 47.2 Å². The van der Waals surface area contributed by atoms with Gasteiger partial charge in [0.1, 0.15) is 22.6 Å². The van der Waals surface area contributed by atoms with Crippen LogP contribution in [0.1, 0.15) is 35.6 Å². The predicted octanol–water partition coefficient (Wildman–Crippen LogP) is 5.33. The lowest BCUT2D eigenvalue weighted by molar-refractivity contribution is -0.121. The molecule has 3 aromatic carbocycles. The maximum atomic E-state index is 14.0. The van der Waals surface area contributed by atoms with Crippen LogP contribution in [0.5, 0.6) is 11.5 Å². The monoisotopic (exact) mass is 546 g/mol. The zero-order chi connectivity index (χ0) is 27.5. The molecule has 2 aliphatic heterocycles. The standard InChI is InChI=1S/C29H27FN4O4S/c1-17-8-10-18(11-9-17)24-15-23(20-14-19(37-2)12-13-25(20)38-3)33-34(24)29-32-28(36)26(39-29)16-27(35)31-22-7-5-4-6-21(22)30/h4-14,24,26H,15-16H2,1-3H3,(H,31,35)/t24-,26-/m0/s1. The molecule has 5 rings (SSSR count). The summed E-state index contributed by atoms with van der Waals surface area (Å²) in [5.41, 5.74) is 3.75. The third kappa shape index (κ3) is 5.65. The molecule has 200 valence electrons. The van der Waals surface area contributed by atoms with Crippen molar-refractivity contribution in [3.8, 4) is 11.5 Å². The fraction of sp³-hybridized carbons (Fsp3) is 0.241. The minimum Gasteiger partial charge on any atom is -0.497 e. The van der Waals surface area contributed by atoms with Crippen LogP contribution in [0.3, 0.4) is 0 Å². The summed E-state index contributed by atoms with van der Waals surface area (Å²) in [5, 5.41) is 8.84. The molecule has 0 aliphatic carbocycles. The molecule has 8 nitrogen and oxygen atoms in total. The maximum absolute atomic E-state index is 14.0. The fourth-order valence-electron chi connectivity index (χ4n) is 4.47. The molecule has 10 heteroatoms. The van der Waals surface area contributed by atoms with Gasteiger partial charge in [0.15, 0.2) is 5.17 Å². The van der Waals surface area contributed by atoms with E-state index in [0.29, 0.717) is 23.1 Å². The Kier molecular flexibility index (Phi) is 7.65. The summed E-state index contributed by atoms with van der Waals surface area (Å²) in [6, 6.07) is 19.3. The number of nitrogens with one attached hydrogen (secondary N) is 1. The van der Waals surface area contributed by atoms with Gasteiger partial charge < -0.3 is 14.8 Å². The van der Waals surface area contributed by atoms with Crippen LogP contribution in [0.15, 0.2) is 76.8 Å². The second kappa shape index (κ2) is 11.3. The van der Waals surface area contributed by atoms with Crippen LogP contribution < -0.4 is 14.8 Å². The summed E-state index contributed by atoms with van der Waals surface area (Å²) in [5.74, 6) is -0.115. The molecular formula is C29H27FN4O4S. The number of aliphatic imine (C=N–C) groups is 1. The van der Waals surface area contributed by atoms with Crippen molar-refractivity contribution in [3.05, 3.63) is 89.2 Å². The first-order valence-electron chi connectivity index (χ1n) is 12.4. The molecule has 39 heavy (non-hydrogen) atoms. The van der Waals surface area contributed by atoms with E-state index in [0.717, 1.165) is 22.4 Å². The number of anilines is 1. The Labute approximate surface area is 229 Å². The van der Waals surface area contributed by atoms with Crippen LogP contribution in [0.4, 0.5) is 10.1 Å². The number of hydrogen-bond acceptors (Lipinski definition) is 7. The Bertz CT molecular complexity index is 1470. The molecule has 0 radical (unpaired) electrons. The van der Waals surface area contributed by atoms with E-state index < -0.39 is 22.9 Å². The Morgan fingerprint density at radius 1 is 1.10 bits per heavy atom. The molecule has 3 aromatic rings. The van der Waals surface area contributed by atoms with Gasteiger partial charge in [-0.2, -0.15) is 10.1 Å². The summed E-state index contributed by atoms with van der Waals surface area (Å²) >= 11 is 1.18. The minimum absolute atomic E-state index is 0.0690. The second-order valence-electron chi connectivity index (χ2n) is 9.16. The van der Waals surface area contributed by atoms with E-state index in [2.05, 4.69) is 10.3 Å². The number of thioether (sulfide) groups is 1. The topological polar surface area (TPSA) is 92.6 Å². The van der Waals surface area contributed by atoms with Crippen molar-refractivity contribution in [2.75, 3.05) is 19.5 Å². The highest BCUT2D eigenvalue weighted by Gasteiger charge is 2.39. The number of hydrazone groups is 1. The van der Waals surface area contributed by atoms with Crippen LogP contribution >= 0.6 is 11.8 Å². The van der Waals surface area contributed by atoms with Gasteiger partial charge in [-0.1, -0.05) is 53.7 Å². The molecule has 2 atom stereocenters. The van der Waals surface area contributed by atoms with Crippen LogP contribution in [-0.2, 0) is 9.59 Å². The number of halogens is 1. The molecule has 0 fully saturated rings. The number of carbonyl (C=O) groups excluding carboxylic acids is 2. The molecule has 2 heterocycles. The van der Waals surface area contributed by atoms with Gasteiger partial charge in [0, 0.05) is 18.4 Å². The van der Waals surface area contributed by atoms with Crippen molar-refractivity contribution in [1.82, 2.24) is 5.01 Å². The second-order valence-corrected chi connectivity index (χ2v) is 10.3. The van der Waals surface area contributed by atoms with Gasteiger partial charge in [-0.05, 0) is 42.8 Å². The van der Waals surface area contributed by atoms with Crippen LogP contribution in [0, 0.1) is 12.7 Å². The van der Waals surface area contributed by atoms with Crippen molar-refractivity contribution in [2.24, 2.45) is 10.1 Å². The maximum Gasteiger partial charge on any atom is 0.262 e. The number of nitrogens with zero attached hydrogens (tertiary/aromatic N) is 3. The van der Waals surface area contributed by atoms with Gasteiger partial charge in [0.2, 0.25) is 5.91 Å². The van der Waals surface area contributed by atoms with Gasteiger partial charge in [-0.3, -0.25) is 9.59 Å². The highest BCUT2D eigenvalue weighted by Crippen LogP contribution is 2.40. The van der Waals surface area contributed by atoms with Gasteiger partial charge >= 0.3 is 0 Å². The predicted molar refractivity (Wildman–Crippen MR) is 150 cm³/mol. The lowest BCUT2D eigenvalue weighted by Crippen LogP contribution is -2.25. The summed E-state index contributed by atoms with van der Waals surface area (Å²) in [6.07, 6.45) is 0.396. The van der Waals surface area contributed by atoms with Crippen LogP contribution in [0.25, 0.3) is 0 Å². The number of amidine groups is 1. The van der Waals surface area contributed by atoms with Crippen molar-refractivity contribution in [3.63, 3.8) is 0 Å². The Balaban J connectivity index is 1.41. The normalized spacial score (nSPS) is 18.6. The molecule has 1 N–H and O–H groups in total. The number of para-hydroxylation sites is 1. The van der Waals surface area contributed by atoms with E-state index in [4.69, 9.17) is 14.6 Å². The zero-order valence-corrected chi connectivity index (χ0v) is 22.5. The van der Waals surface area contributed by atoms with Crippen molar-refractivity contribution < 1.29 is 23.5 Å². The molecule has 0 aromatic heterocycles. The number of methoxy groups -OCH3 is 2. The van der Waals surface area contributed by atoms with Crippen LogP contribution in [0.2, 0.25) is 0 Å². The van der Waals surface area contributed by atoms with E-state index >= 15 is 0 Å². The molecule has 0 unspecified atom stereocenters. The smallest absolute Gasteiger partial charge is 0.262 e. The third-order valence-electron chi connectivity index (χ3n) is 6.53. The van der Waals surface area contributed by atoms with E-state index in [1.54, 1.807) is 25.3 Å². The molecule has 0 spiro atoms. The Morgan fingerprint density at radius 2 is 1.87 bits per heavy atom. The van der Waals surface area contributed by atoms with E-state index in [-0.39, 0.29) is 18.2 Å². The number of carbonyl (C=O) groups is 2. The average Bonchev–Trinajstić information content (AvgIpc) is 3.54. The highest BCUT2D eigenvalue weighted by atomic mass is 32.2. The summed E-state index contributed by atoms with van der Waals surface area (Å²) in [7, 11) is 3.20. The summed E-state index contributed by atoms with van der Waals surface area (Å²) in [4.78, 5) is 29.7. The average molecular weight is 547 g/mol. The van der Waals surface area contributed by atoms with Crippen molar-refractivity contribution in [2.45, 2.75) is 31.1 Å².